The number of carbonyl (C=O) groups is 2. The highest BCUT2D eigenvalue weighted by atomic mass is 35.5. The maximum absolute atomic E-state index is 13.9. The summed E-state index contributed by atoms with van der Waals surface area (Å²) in [5.74, 6) is 1.98. The van der Waals surface area contributed by atoms with Crippen molar-refractivity contribution in [1.82, 2.24) is 15.1 Å². The Hall–Kier alpha value is -4.19. The van der Waals surface area contributed by atoms with Gasteiger partial charge in [-0.2, -0.15) is 5.10 Å². The third kappa shape index (κ3) is 7.06. The van der Waals surface area contributed by atoms with Gasteiger partial charge in [0.15, 0.2) is 11.5 Å². The third-order valence-corrected chi connectivity index (χ3v) is 8.89. The number of ether oxygens (including phenoxy) is 4. The summed E-state index contributed by atoms with van der Waals surface area (Å²) in [6.07, 6.45) is 0.656. The number of methoxy groups -OCH3 is 4. The van der Waals surface area contributed by atoms with Gasteiger partial charge in [0.2, 0.25) is 11.8 Å². The molecule has 1 atom stereocenters. The Balaban J connectivity index is 1.73. The van der Waals surface area contributed by atoms with Crippen LogP contribution in [-0.4, -0.2) is 75.5 Å². The molecule has 0 saturated carbocycles. The van der Waals surface area contributed by atoms with Gasteiger partial charge in [-0.15, -0.1) is 11.8 Å². The molecule has 10 nitrogen and oxygen atoms in total. The van der Waals surface area contributed by atoms with Crippen LogP contribution >= 0.6 is 23.4 Å². The number of benzene rings is 3. The normalized spacial score (nSPS) is 14.5. The minimum absolute atomic E-state index is 0.132. The van der Waals surface area contributed by atoms with Crippen LogP contribution in [0, 0.1) is 0 Å². The predicted molar refractivity (Wildman–Crippen MR) is 176 cm³/mol. The zero-order valence-corrected chi connectivity index (χ0v) is 27.1. The van der Waals surface area contributed by atoms with E-state index in [-0.39, 0.29) is 29.4 Å². The fourth-order valence-electron chi connectivity index (χ4n) is 5.17. The molecule has 0 bridgehead atoms. The topological polar surface area (TPSA) is 104 Å². The lowest BCUT2D eigenvalue weighted by Crippen LogP contribution is -2.42. The van der Waals surface area contributed by atoms with Crippen LogP contribution in [0.5, 0.6) is 17.2 Å². The smallest absolute Gasteiger partial charge is 0.240 e. The van der Waals surface area contributed by atoms with Crippen LogP contribution < -0.4 is 24.4 Å². The standard InChI is InChI=1S/C33H35ClN4O6S/c1-41-17-5-16-35-28(39)19-37-29(40)20-45-32(22-8-15-26(43-3)27(18-22)44-4)30-31(21-6-9-23(34)10-7-21)36-38(33(30)37)24-11-13-25(42-2)14-12-24/h6-15,18,32H,5,16-17,19-20H2,1-4H3,(H,35,39)/t32-/m1/s1. The van der Waals surface area contributed by atoms with Crippen molar-refractivity contribution in [1.29, 1.82) is 0 Å². The van der Waals surface area contributed by atoms with Crippen LogP contribution in [0.25, 0.3) is 16.9 Å². The van der Waals surface area contributed by atoms with Crippen molar-refractivity contribution < 1.29 is 28.5 Å². The highest BCUT2D eigenvalue weighted by molar-refractivity contribution is 8.00. The zero-order valence-electron chi connectivity index (χ0n) is 25.5. The van der Waals surface area contributed by atoms with E-state index in [2.05, 4.69) is 5.32 Å². The maximum atomic E-state index is 13.9. The lowest BCUT2D eigenvalue weighted by atomic mass is 9.99. The Kier molecular flexibility index (Phi) is 10.5. The average Bonchev–Trinajstić information content (AvgIpc) is 3.39. The van der Waals surface area contributed by atoms with Crippen LogP contribution in [0.15, 0.2) is 66.7 Å². The van der Waals surface area contributed by atoms with Gasteiger partial charge in [0.25, 0.3) is 0 Å². The molecule has 4 aromatic rings. The van der Waals surface area contributed by atoms with Crippen molar-refractivity contribution in [3.8, 4) is 34.2 Å². The second kappa shape index (κ2) is 14.7. The molecule has 0 unspecified atom stereocenters. The third-order valence-electron chi connectivity index (χ3n) is 7.38. The number of halogens is 1. The molecule has 45 heavy (non-hydrogen) atoms. The molecule has 1 N–H and O–H groups in total. The molecule has 0 fully saturated rings. The number of hydrogen-bond acceptors (Lipinski definition) is 8. The van der Waals surface area contributed by atoms with Crippen LogP contribution in [0.4, 0.5) is 5.82 Å². The largest absolute Gasteiger partial charge is 0.497 e. The molecule has 3 aromatic carbocycles. The van der Waals surface area contributed by atoms with Crippen LogP contribution in [0.3, 0.4) is 0 Å². The molecule has 1 aromatic heterocycles. The van der Waals surface area contributed by atoms with Gasteiger partial charge in [-0.1, -0.05) is 29.8 Å². The van der Waals surface area contributed by atoms with Gasteiger partial charge >= 0.3 is 0 Å². The molecule has 12 heteroatoms. The summed E-state index contributed by atoms with van der Waals surface area (Å²) in [5, 5.41) is 8.27. The van der Waals surface area contributed by atoms with E-state index in [1.165, 1.54) is 16.7 Å². The number of rotatable bonds is 12. The lowest BCUT2D eigenvalue weighted by Gasteiger charge is -2.23. The number of thioether (sulfide) groups is 1. The van der Waals surface area contributed by atoms with Crippen LogP contribution in [0.2, 0.25) is 5.02 Å². The van der Waals surface area contributed by atoms with Gasteiger partial charge < -0.3 is 24.3 Å². The highest BCUT2D eigenvalue weighted by Gasteiger charge is 2.38. The summed E-state index contributed by atoms with van der Waals surface area (Å²) < 4.78 is 23.4. The number of anilines is 1. The Bertz CT molecular complexity index is 1640. The number of nitrogens with one attached hydrogen (secondary N) is 1. The lowest BCUT2D eigenvalue weighted by molar-refractivity contribution is -0.122. The van der Waals surface area contributed by atoms with E-state index in [1.54, 1.807) is 45.3 Å². The first-order chi connectivity index (χ1) is 21.9. The van der Waals surface area contributed by atoms with Crippen molar-refractivity contribution in [2.75, 3.05) is 58.8 Å². The Morgan fingerprint density at radius 3 is 2.38 bits per heavy atom. The average molecular weight is 651 g/mol. The van der Waals surface area contributed by atoms with E-state index in [4.69, 9.17) is 35.6 Å². The second-order valence-electron chi connectivity index (χ2n) is 10.2. The van der Waals surface area contributed by atoms with Crippen molar-refractivity contribution >= 4 is 41.0 Å². The van der Waals surface area contributed by atoms with Crippen molar-refractivity contribution in [2.24, 2.45) is 0 Å². The second-order valence-corrected chi connectivity index (χ2v) is 11.7. The first kappa shape index (κ1) is 32.2. The molecule has 236 valence electrons. The zero-order chi connectivity index (χ0) is 31.9. The Labute approximate surface area is 271 Å². The fourth-order valence-corrected chi connectivity index (χ4v) is 6.48. The number of nitrogens with zero attached hydrogens (tertiary/aromatic N) is 3. The predicted octanol–water partition coefficient (Wildman–Crippen LogP) is 5.54. The first-order valence-electron chi connectivity index (χ1n) is 14.3. The number of amides is 2. The monoisotopic (exact) mass is 650 g/mol. The Morgan fingerprint density at radius 2 is 1.71 bits per heavy atom. The number of carbonyl (C=O) groups excluding carboxylic acids is 2. The van der Waals surface area contributed by atoms with E-state index in [0.717, 1.165) is 16.7 Å². The molecule has 0 aliphatic carbocycles. The minimum Gasteiger partial charge on any atom is -0.497 e. The highest BCUT2D eigenvalue weighted by Crippen LogP contribution is 2.49. The van der Waals surface area contributed by atoms with E-state index >= 15 is 0 Å². The van der Waals surface area contributed by atoms with Crippen molar-refractivity contribution in [3.63, 3.8) is 0 Å². The van der Waals surface area contributed by atoms with Crippen LogP contribution in [0.1, 0.15) is 22.8 Å². The van der Waals surface area contributed by atoms with E-state index in [1.807, 2.05) is 54.6 Å². The van der Waals surface area contributed by atoms with Crippen molar-refractivity contribution in [2.45, 2.75) is 11.7 Å². The summed E-state index contributed by atoms with van der Waals surface area (Å²) in [4.78, 5) is 28.7. The number of aromatic nitrogens is 2. The molecule has 0 radical (unpaired) electrons. The summed E-state index contributed by atoms with van der Waals surface area (Å²) in [6, 6.07) is 20.5. The maximum Gasteiger partial charge on any atom is 0.240 e. The summed E-state index contributed by atoms with van der Waals surface area (Å²) in [5.41, 5.74) is 3.84. The molecule has 5 rings (SSSR count). The molecular weight excluding hydrogens is 616 g/mol. The quantitative estimate of drug-likeness (QED) is 0.199. The number of fused-ring (bicyclic) bond motifs is 1. The van der Waals surface area contributed by atoms with Gasteiger partial charge in [-0.3, -0.25) is 14.5 Å². The van der Waals surface area contributed by atoms with Crippen LogP contribution in [-0.2, 0) is 14.3 Å². The molecule has 0 saturated heterocycles. The van der Waals surface area contributed by atoms with Gasteiger partial charge in [0.1, 0.15) is 18.1 Å². The molecule has 1 aliphatic heterocycles. The molecule has 2 amide bonds. The Morgan fingerprint density at radius 1 is 0.978 bits per heavy atom. The van der Waals surface area contributed by atoms with Gasteiger partial charge in [0.05, 0.1) is 43.7 Å². The first-order valence-corrected chi connectivity index (χ1v) is 15.7. The van der Waals surface area contributed by atoms with Crippen molar-refractivity contribution in [3.05, 3.63) is 82.9 Å². The van der Waals surface area contributed by atoms with Gasteiger partial charge in [0, 0.05) is 36.4 Å². The fraction of sp³-hybridized carbons (Fsp3) is 0.303. The van der Waals surface area contributed by atoms with E-state index < -0.39 is 0 Å². The molecule has 0 spiro atoms. The summed E-state index contributed by atoms with van der Waals surface area (Å²) >= 11 is 7.74. The SMILES string of the molecule is COCCCNC(=O)CN1C(=O)CS[C@H](c2ccc(OC)c(OC)c2)c2c(-c3ccc(Cl)cc3)nn(-c3ccc(OC)cc3)c21. The number of hydrogen-bond donors (Lipinski definition) is 1. The molecule has 2 heterocycles. The molecule has 1 aliphatic rings. The molecular formula is C33H35ClN4O6S. The van der Waals surface area contributed by atoms with Gasteiger partial charge in [-0.25, -0.2) is 4.68 Å². The summed E-state index contributed by atoms with van der Waals surface area (Å²) in [7, 11) is 6.39. The minimum atomic E-state index is -0.351. The van der Waals surface area contributed by atoms with E-state index in [0.29, 0.717) is 59.0 Å². The summed E-state index contributed by atoms with van der Waals surface area (Å²) in [6.45, 7) is 0.768. The van der Waals surface area contributed by atoms with Gasteiger partial charge in [-0.05, 0) is 60.5 Å². The van der Waals surface area contributed by atoms with E-state index in [9.17, 15) is 9.59 Å².